The summed E-state index contributed by atoms with van der Waals surface area (Å²) in [5.41, 5.74) is 3.65. The third-order valence-corrected chi connectivity index (χ3v) is 5.04. The molecule has 0 amide bonds. The molecule has 1 aromatic carbocycles. The molecule has 0 atom stereocenters. The van der Waals surface area contributed by atoms with Gasteiger partial charge in [-0.15, -0.1) is 22.7 Å². The highest BCUT2D eigenvalue weighted by Crippen LogP contribution is 2.34. The van der Waals surface area contributed by atoms with Gasteiger partial charge in [0.2, 0.25) is 0 Å². The molecule has 3 rings (SSSR count). The first-order valence-corrected chi connectivity index (χ1v) is 8.19. The van der Waals surface area contributed by atoms with E-state index in [-0.39, 0.29) is 5.75 Å². The number of rotatable bonds is 3. The van der Waals surface area contributed by atoms with Crippen LogP contribution in [0.5, 0.6) is 5.75 Å². The molecule has 0 spiro atoms. The Hall–Kier alpha value is -1.92. The quantitative estimate of drug-likeness (QED) is 0.739. The first-order chi connectivity index (χ1) is 10.0. The van der Waals surface area contributed by atoms with E-state index in [4.69, 9.17) is 0 Å². The Morgan fingerprint density at radius 1 is 1.14 bits per heavy atom. The number of aromatic hydroxyl groups is 1. The van der Waals surface area contributed by atoms with Crippen LogP contribution in [0.3, 0.4) is 0 Å². The Kier molecular flexibility index (Phi) is 3.65. The lowest BCUT2D eigenvalue weighted by Gasteiger charge is -2.07. The van der Waals surface area contributed by atoms with Gasteiger partial charge in [-0.2, -0.15) is 0 Å². The molecular weight excluding hydrogens is 302 g/mol. The highest BCUT2D eigenvalue weighted by Gasteiger charge is 2.12. The molecule has 0 aliphatic rings. The predicted molar refractivity (Wildman–Crippen MR) is 88.8 cm³/mol. The normalized spacial score (nSPS) is 10.8. The lowest BCUT2D eigenvalue weighted by Crippen LogP contribution is -1.92. The number of nitrogens with zero attached hydrogens (tertiary/aromatic N) is 2. The van der Waals surface area contributed by atoms with Crippen LogP contribution in [0.4, 0.5) is 10.8 Å². The molecule has 0 saturated carbocycles. The van der Waals surface area contributed by atoms with Gasteiger partial charge in [0.05, 0.1) is 21.3 Å². The number of hydrogen-bond donors (Lipinski definition) is 2. The Balaban J connectivity index is 1.89. The van der Waals surface area contributed by atoms with Gasteiger partial charge in [0.1, 0.15) is 5.75 Å². The smallest absolute Gasteiger partial charge is 0.187 e. The van der Waals surface area contributed by atoms with Crippen LogP contribution >= 0.6 is 22.7 Å². The van der Waals surface area contributed by atoms with E-state index in [0.29, 0.717) is 0 Å². The fraction of sp³-hybridized carbons (Fsp3) is 0.200. The van der Waals surface area contributed by atoms with Crippen LogP contribution in [0, 0.1) is 20.8 Å². The number of nitrogens with one attached hydrogen (secondary N) is 1. The van der Waals surface area contributed by atoms with Crippen LogP contribution in [0.2, 0.25) is 0 Å². The van der Waals surface area contributed by atoms with Gasteiger partial charge in [-0.25, -0.2) is 9.97 Å². The Morgan fingerprint density at radius 3 is 2.67 bits per heavy atom. The van der Waals surface area contributed by atoms with Crippen LogP contribution in [0.1, 0.15) is 16.3 Å². The molecule has 0 saturated heterocycles. The van der Waals surface area contributed by atoms with Crippen molar-refractivity contribution < 1.29 is 5.11 Å². The van der Waals surface area contributed by atoms with Gasteiger partial charge in [0, 0.05) is 16.6 Å². The van der Waals surface area contributed by atoms with Crippen LogP contribution < -0.4 is 5.32 Å². The lowest BCUT2D eigenvalue weighted by atomic mass is 10.2. The van der Waals surface area contributed by atoms with Gasteiger partial charge in [-0.3, -0.25) is 0 Å². The number of benzene rings is 1. The lowest BCUT2D eigenvalue weighted by molar-refractivity contribution is 0.471. The minimum absolute atomic E-state index is 0.283. The molecule has 0 aliphatic heterocycles. The minimum atomic E-state index is 0.283. The molecule has 108 valence electrons. The number of hydrogen-bond acceptors (Lipinski definition) is 6. The summed E-state index contributed by atoms with van der Waals surface area (Å²) >= 11 is 3.20. The molecule has 2 heterocycles. The van der Waals surface area contributed by atoms with Crippen LogP contribution in [-0.2, 0) is 0 Å². The summed E-state index contributed by atoms with van der Waals surface area (Å²) in [6, 6.07) is 5.42. The number of aromatic nitrogens is 2. The molecule has 3 aromatic rings. The SMILES string of the molecule is Cc1nc(C)c(-c2csc(Nc3cccc(O)c3C)n2)s1. The van der Waals surface area contributed by atoms with E-state index in [1.165, 1.54) is 0 Å². The van der Waals surface area contributed by atoms with E-state index in [1.54, 1.807) is 28.7 Å². The molecule has 0 bridgehead atoms. The van der Waals surface area contributed by atoms with Crippen LogP contribution in [0.25, 0.3) is 10.6 Å². The van der Waals surface area contributed by atoms with Crippen LogP contribution in [0.15, 0.2) is 23.6 Å². The Morgan fingerprint density at radius 2 is 1.95 bits per heavy atom. The van der Waals surface area contributed by atoms with Crippen molar-refractivity contribution in [1.29, 1.82) is 0 Å². The number of anilines is 2. The van der Waals surface area contributed by atoms with Crippen molar-refractivity contribution in [3.8, 4) is 16.3 Å². The molecular formula is C15H15N3OS2. The maximum atomic E-state index is 9.74. The average Bonchev–Trinajstić information content (AvgIpc) is 3.01. The summed E-state index contributed by atoms with van der Waals surface area (Å²) in [5.74, 6) is 0.283. The first-order valence-electron chi connectivity index (χ1n) is 6.50. The Labute approximate surface area is 131 Å². The highest BCUT2D eigenvalue weighted by atomic mass is 32.1. The van der Waals surface area contributed by atoms with Crippen molar-refractivity contribution in [3.63, 3.8) is 0 Å². The molecule has 0 aliphatic carbocycles. The second-order valence-corrected chi connectivity index (χ2v) is 6.82. The standard InChI is InChI=1S/C15H15N3OS2/c1-8-11(5-4-6-13(8)19)17-15-18-12(7-20-15)14-9(2)16-10(3)21-14/h4-7,19H,1-3H3,(H,17,18). The summed E-state index contributed by atoms with van der Waals surface area (Å²) in [7, 11) is 0. The van der Waals surface area contributed by atoms with E-state index in [2.05, 4.69) is 15.3 Å². The molecule has 21 heavy (non-hydrogen) atoms. The molecule has 0 radical (unpaired) electrons. The maximum Gasteiger partial charge on any atom is 0.187 e. The molecule has 0 unspecified atom stereocenters. The van der Waals surface area contributed by atoms with E-state index in [0.717, 1.165) is 37.7 Å². The monoisotopic (exact) mass is 317 g/mol. The summed E-state index contributed by atoms with van der Waals surface area (Å²) < 4.78 is 0. The average molecular weight is 317 g/mol. The van der Waals surface area contributed by atoms with Crippen molar-refractivity contribution >= 4 is 33.5 Å². The summed E-state index contributed by atoms with van der Waals surface area (Å²) in [4.78, 5) is 10.2. The Bertz CT molecular complexity index is 792. The van der Waals surface area contributed by atoms with Gasteiger partial charge >= 0.3 is 0 Å². The van der Waals surface area contributed by atoms with Gasteiger partial charge in [0.25, 0.3) is 0 Å². The van der Waals surface area contributed by atoms with Crippen molar-refractivity contribution in [2.24, 2.45) is 0 Å². The summed E-state index contributed by atoms with van der Waals surface area (Å²) in [6.07, 6.45) is 0. The minimum Gasteiger partial charge on any atom is -0.508 e. The third kappa shape index (κ3) is 2.77. The fourth-order valence-corrected chi connectivity index (χ4v) is 3.75. The molecule has 0 fully saturated rings. The molecule has 6 heteroatoms. The van der Waals surface area contributed by atoms with E-state index in [9.17, 15) is 5.11 Å². The zero-order valence-electron chi connectivity index (χ0n) is 12.0. The second-order valence-electron chi connectivity index (χ2n) is 4.76. The number of phenolic OH excluding ortho intramolecular Hbond substituents is 1. The number of phenols is 1. The van der Waals surface area contributed by atoms with Gasteiger partial charge < -0.3 is 10.4 Å². The number of thiazole rings is 2. The van der Waals surface area contributed by atoms with Gasteiger partial charge in [-0.05, 0) is 32.9 Å². The van der Waals surface area contributed by atoms with Crippen molar-refractivity contribution in [2.75, 3.05) is 5.32 Å². The fourth-order valence-electron chi connectivity index (χ4n) is 2.08. The van der Waals surface area contributed by atoms with Crippen LogP contribution in [-0.4, -0.2) is 15.1 Å². The highest BCUT2D eigenvalue weighted by molar-refractivity contribution is 7.16. The molecule has 4 nitrogen and oxygen atoms in total. The number of aryl methyl sites for hydroxylation is 2. The van der Waals surface area contributed by atoms with E-state index < -0.39 is 0 Å². The molecule has 2 aromatic heterocycles. The summed E-state index contributed by atoms with van der Waals surface area (Å²) in [6.45, 7) is 5.89. The van der Waals surface area contributed by atoms with Crippen molar-refractivity contribution in [2.45, 2.75) is 20.8 Å². The second kappa shape index (κ2) is 5.46. The zero-order chi connectivity index (χ0) is 15.0. The summed E-state index contributed by atoms with van der Waals surface area (Å²) in [5, 5.41) is 16.9. The third-order valence-electron chi connectivity index (χ3n) is 3.19. The topological polar surface area (TPSA) is 58.0 Å². The van der Waals surface area contributed by atoms with Gasteiger partial charge in [0.15, 0.2) is 5.13 Å². The maximum absolute atomic E-state index is 9.74. The predicted octanol–water partition coefficient (Wildman–Crippen LogP) is 4.64. The van der Waals surface area contributed by atoms with E-state index >= 15 is 0 Å². The van der Waals surface area contributed by atoms with Gasteiger partial charge in [-0.1, -0.05) is 6.07 Å². The zero-order valence-corrected chi connectivity index (χ0v) is 13.6. The van der Waals surface area contributed by atoms with E-state index in [1.807, 2.05) is 38.3 Å². The molecule has 2 N–H and O–H groups in total. The first kappa shape index (κ1) is 14.0. The van der Waals surface area contributed by atoms with Crippen molar-refractivity contribution in [1.82, 2.24) is 9.97 Å². The largest absolute Gasteiger partial charge is 0.508 e. The van der Waals surface area contributed by atoms with Crippen molar-refractivity contribution in [3.05, 3.63) is 39.8 Å².